The molecule has 0 saturated heterocycles. The number of hydrogen-bond acceptors (Lipinski definition) is 3. The third kappa shape index (κ3) is 3.40. The lowest BCUT2D eigenvalue weighted by Crippen LogP contribution is -1.99. The molecule has 0 unspecified atom stereocenters. The van der Waals surface area contributed by atoms with Crippen LogP contribution < -0.4 is 0 Å². The first-order valence-electron chi connectivity index (χ1n) is 7.04. The van der Waals surface area contributed by atoms with Gasteiger partial charge in [0.25, 0.3) is 0 Å². The van der Waals surface area contributed by atoms with Crippen LogP contribution in [0.3, 0.4) is 0 Å². The maximum Gasteiger partial charge on any atom is 0.335 e. The van der Waals surface area contributed by atoms with Crippen molar-refractivity contribution in [2.45, 2.75) is 6.42 Å². The standard InChI is InChI=1S/C18H13FN2O2/c19-15-7-3-6-12(11-15)16-8-9-20-17(21-16)13-4-1-2-5-14(10-13)18(22)23/h1,3-11H,2H2,(H,22,23). The van der Waals surface area contributed by atoms with E-state index >= 15 is 0 Å². The molecule has 0 bridgehead atoms. The molecule has 3 rings (SSSR count). The van der Waals surface area contributed by atoms with E-state index in [1.807, 2.05) is 6.08 Å². The Morgan fingerprint density at radius 3 is 2.91 bits per heavy atom. The van der Waals surface area contributed by atoms with Crippen LogP contribution in [0.15, 0.2) is 66.4 Å². The fourth-order valence-electron chi connectivity index (χ4n) is 2.26. The summed E-state index contributed by atoms with van der Waals surface area (Å²) in [7, 11) is 0. The molecule has 0 saturated carbocycles. The number of nitrogens with zero attached hydrogens (tertiary/aromatic N) is 2. The fraction of sp³-hybridized carbons (Fsp3) is 0.0556. The topological polar surface area (TPSA) is 63.1 Å². The van der Waals surface area contributed by atoms with Crippen molar-refractivity contribution in [1.82, 2.24) is 9.97 Å². The number of halogens is 1. The zero-order valence-electron chi connectivity index (χ0n) is 12.1. The summed E-state index contributed by atoms with van der Waals surface area (Å²) in [6.45, 7) is 0. The van der Waals surface area contributed by atoms with E-state index in [4.69, 9.17) is 5.11 Å². The number of rotatable bonds is 3. The van der Waals surface area contributed by atoms with Crippen molar-refractivity contribution in [3.63, 3.8) is 0 Å². The van der Waals surface area contributed by atoms with Crippen molar-refractivity contribution in [3.05, 3.63) is 78.0 Å². The van der Waals surface area contributed by atoms with Crippen molar-refractivity contribution in [3.8, 4) is 11.3 Å². The van der Waals surface area contributed by atoms with Crippen molar-refractivity contribution in [2.24, 2.45) is 0 Å². The number of carboxylic acids is 1. The van der Waals surface area contributed by atoms with E-state index in [2.05, 4.69) is 9.97 Å². The summed E-state index contributed by atoms with van der Waals surface area (Å²) in [5.74, 6) is -0.933. The molecule has 114 valence electrons. The Bertz CT molecular complexity index is 854. The molecule has 1 aliphatic rings. The normalized spacial score (nSPS) is 14.0. The number of benzene rings is 1. The van der Waals surface area contributed by atoms with Gasteiger partial charge in [0.2, 0.25) is 0 Å². The number of aromatic nitrogens is 2. The highest BCUT2D eigenvalue weighted by atomic mass is 19.1. The van der Waals surface area contributed by atoms with Crippen LogP contribution in [-0.2, 0) is 4.79 Å². The van der Waals surface area contributed by atoms with Gasteiger partial charge in [0.15, 0.2) is 5.82 Å². The molecule has 1 heterocycles. The molecule has 1 aromatic heterocycles. The maximum atomic E-state index is 13.4. The van der Waals surface area contributed by atoms with E-state index in [1.54, 1.807) is 36.5 Å². The van der Waals surface area contributed by atoms with Gasteiger partial charge in [0, 0.05) is 17.3 Å². The largest absolute Gasteiger partial charge is 0.478 e. The molecule has 1 aliphatic carbocycles. The second-order valence-electron chi connectivity index (χ2n) is 4.98. The molecule has 4 nitrogen and oxygen atoms in total. The molecule has 1 aromatic carbocycles. The average molecular weight is 308 g/mol. The Morgan fingerprint density at radius 1 is 1.26 bits per heavy atom. The molecule has 0 radical (unpaired) electrons. The summed E-state index contributed by atoms with van der Waals surface area (Å²) < 4.78 is 13.4. The van der Waals surface area contributed by atoms with Crippen LogP contribution in [0, 0.1) is 5.82 Å². The van der Waals surface area contributed by atoms with Gasteiger partial charge in [-0.05, 0) is 30.7 Å². The maximum absolute atomic E-state index is 13.4. The van der Waals surface area contributed by atoms with Gasteiger partial charge in [-0.3, -0.25) is 0 Å². The van der Waals surface area contributed by atoms with Gasteiger partial charge in [-0.25, -0.2) is 19.2 Å². The molecule has 5 heteroatoms. The van der Waals surface area contributed by atoms with Crippen LogP contribution in [-0.4, -0.2) is 21.0 Å². The van der Waals surface area contributed by atoms with Crippen LogP contribution in [0.25, 0.3) is 16.8 Å². The zero-order chi connectivity index (χ0) is 16.2. The highest BCUT2D eigenvalue weighted by Gasteiger charge is 2.11. The summed E-state index contributed by atoms with van der Waals surface area (Å²) >= 11 is 0. The summed E-state index contributed by atoms with van der Waals surface area (Å²) in [5.41, 5.74) is 2.02. The predicted molar refractivity (Wildman–Crippen MR) is 84.9 cm³/mol. The summed E-state index contributed by atoms with van der Waals surface area (Å²) in [4.78, 5) is 19.8. The first kappa shape index (κ1) is 14.8. The van der Waals surface area contributed by atoms with Crippen LogP contribution >= 0.6 is 0 Å². The minimum absolute atomic E-state index is 0.199. The van der Waals surface area contributed by atoms with Crippen molar-refractivity contribution < 1.29 is 14.3 Å². The van der Waals surface area contributed by atoms with E-state index in [0.717, 1.165) is 0 Å². The molecule has 0 spiro atoms. The minimum atomic E-state index is -0.993. The van der Waals surface area contributed by atoms with Gasteiger partial charge >= 0.3 is 5.97 Å². The molecule has 0 amide bonds. The van der Waals surface area contributed by atoms with Gasteiger partial charge in [0.05, 0.1) is 11.3 Å². The van der Waals surface area contributed by atoms with E-state index in [1.165, 1.54) is 18.2 Å². The third-order valence-electron chi connectivity index (χ3n) is 3.36. The molecule has 2 aromatic rings. The third-order valence-corrected chi connectivity index (χ3v) is 3.36. The van der Waals surface area contributed by atoms with Crippen molar-refractivity contribution in [1.29, 1.82) is 0 Å². The zero-order valence-corrected chi connectivity index (χ0v) is 12.1. The molecule has 0 atom stereocenters. The predicted octanol–water partition coefficient (Wildman–Crippen LogP) is 3.64. The first-order valence-corrected chi connectivity index (χ1v) is 7.04. The Morgan fingerprint density at radius 2 is 2.13 bits per heavy atom. The van der Waals surface area contributed by atoms with E-state index in [9.17, 15) is 9.18 Å². The number of hydrogen-bond donors (Lipinski definition) is 1. The van der Waals surface area contributed by atoms with Crippen LogP contribution in [0.2, 0.25) is 0 Å². The number of allylic oxidation sites excluding steroid dienone is 4. The second kappa shape index (κ2) is 6.36. The van der Waals surface area contributed by atoms with Crippen molar-refractivity contribution in [2.75, 3.05) is 0 Å². The summed E-state index contributed by atoms with van der Waals surface area (Å²) in [6.07, 6.45) is 8.91. The number of carboxylic acid groups (broad SMARTS) is 1. The molecule has 23 heavy (non-hydrogen) atoms. The highest BCUT2D eigenvalue weighted by molar-refractivity contribution is 5.93. The van der Waals surface area contributed by atoms with Gasteiger partial charge in [-0.1, -0.05) is 30.4 Å². The monoisotopic (exact) mass is 308 g/mol. The van der Waals surface area contributed by atoms with Gasteiger partial charge in [-0.2, -0.15) is 0 Å². The Kier molecular flexibility index (Phi) is 4.10. The van der Waals surface area contributed by atoms with Crippen LogP contribution in [0.5, 0.6) is 0 Å². The van der Waals surface area contributed by atoms with E-state index in [-0.39, 0.29) is 11.4 Å². The SMILES string of the molecule is O=C(O)C1=CCC=CC(c2nccc(-c3cccc(F)c3)n2)=C1. The Hall–Kier alpha value is -3.08. The molecular formula is C18H13FN2O2. The van der Waals surface area contributed by atoms with Crippen LogP contribution in [0.1, 0.15) is 12.2 Å². The minimum Gasteiger partial charge on any atom is -0.478 e. The second-order valence-corrected chi connectivity index (χ2v) is 4.98. The van der Waals surface area contributed by atoms with E-state index in [0.29, 0.717) is 29.1 Å². The smallest absolute Gasteiger partial charge is 0.335 e. The molecule has 1 N–H and O–H groups in total. The molecular weight excluding hydrogens is 295 g/mol. The lowest BCUT2D eigenvalue weighted by molar-refractivity contribution is -0.132. The van der Waals surface area contributed by atoms with Gasteiger partial charge < -0.3 is 5.11 Å². The number of carbonyl (C=O) groups is 1. The lowest BCUT2D eigenvalue weighted by Gasteiger charge is -2.05. The summed E-state index contributed by atoms with van der Waals surface area (Å²) in [6, 6.07) is 7.82. The Balaban J connectivity index is 2.03. The molecule has 0 fully saturated rings. The fourth-order valence-corrected chi connectivity index (χ4v) is 2.26. The van der Waals surface area contributed by atoms with Gasteiger partial charge in [-0.15, -0.1) is 0 Å². The lowest BCUT2D eigenvalue weighted by atomic mass is 10.1. The molecule has 0 aliphatic heterocycles. The quantitative estimate of drug-likeness (QED) is 0.940. The summed E-state index contributed by atoms with van der Waals surface area (Å²) in [5, 5.41) is 9.17. The number of aliphatic carboxylic acids is 1. The van der Waals surface area contributed by atoms with E-state index < -0.39 is 5.97 Å². The van der Waals surface area contributed by atoms with Crippen molar-refractivity contribution >= 4 is 11.5 Å². The van der Waals surface area contributed by atoms with Gasteiger partial charge in [0.1, 0.15) is 5.82 Å². The highest BCUT2D eigenvalue weighted by Crippen LogP contribution is 2.22. The average Bonchev–Trinajstić information content (AvgIpc) is 2.81. The Labute approximate surface area is 132 Å². The van der Waals surface area contributed by atoms with Crippen LogP contribution in [0.4, 0.5) is 4.39 Å². The first-order chi connectivity index (χ1) is 11.1.